The maximum atomic E-state index is 13.0. The molecule has 0 radical (unpaired) electrons. The lowest BCUT2D eigenvalue weighted by atomic mass is 9.89. The molecule has 2 aromatic carbocycles. The first-order valence-corrected chi connectivity index (χ1v) is 11.1. The molecule has 1 unspecified atom stereocenters. The van der Waals surface area contributed by atoms with Gasteiger partial charge in [0.1, 0.15) is 0 Å². The van der Waals surface area contributed by atoms with Gasteiger partial charge in [0.2, 0.25) is 0 Å². The van der Waals surface area contributed by atoms with Crippen LogP contribution in [0.3, 0.4) is 0 Å². The fourth-order valence-electron chi connectivity index (χ4n) is 4.22. The molecule has 0 saturated heterocycles. The molecule has 0 spiro atoms. The Balaban J connectivity index is 1.48. The second-order valence-electron chi connectivity index (χ2n) is 8.24. The molecule has 1 N–H and O–H groups in total. The molecule has 0 aromatic heterocycles. The number of nitrogens with zero attached hydrogens (tertiary/aromatic N) is 2. The van der Waals surface area contributed by atoms with Crippen molar-refractivity contribution in [2.75, 3.05) is 12.4 Å². The number of carbonyl (C=O) groups excluding carboxylic acids is 3. The van der Waals surface area contributed by atoms with Crippen LogP contribution in [0, 0.1) is 0 Å². The number of anilines is 1. The molecule has 1 aliphatic carbocycles. The third-order valence-electron chi connectivity index (χ3n) is 5.96. The number of Topliss-reactive ketones (excluding diaryl/α,β-unsaturated/α-hetero) is 1. The van der Waals surface area contributed by atoms with Gasteiger partial charge in [-0.1, -0.05) is 47.5 Å². The number of carbonyl (C=O) groups is 3. The highest BCUT2D eigenvalue weighted by Gasteiger charge is 2.38. The number of allylic oxidation sites excluding steroid dienone is 1. The molecule has 1 saturated carbocycles. The van der Waals surface area contributed by atoms with Crippen molar-refractivity contribution in [2.45, 2.75) is 38.4 Å². The molecule has 2 aromatic rings. The van der Waals surface area contributed by atoms with Gasteiger partial charge in [0.05, 0.1) is 16.1 Å². The van der Waals surface area contributed by atoms with E-state index in [0.29, 0.717) is 47.2 Å². The number of nitrogens with one attached hydrogen (secondary N) is 1. The monoisotopic (exact) mass is 471 g/mol. The number of amides is 3. The zero-order valence-corrected chi connectivity index (χ0v) is 19.2. The number of halogens is 2. The number of fused-ring (bicyclic) bond motifs is 1. The SMILES string of the molecule is C=C1CCC(N2Cc3c(CN(C)C(=O)Nc4ccc(Cl)c(Cl)c4)cccc3C2=O)C(=O)C1. The smallest absolute Gasteiger partial charge is 0.321 e. The highest BCUT2D eigenvalue weighted by atomic mass is 35.5. The summed E-state index contributed by atoms with van der Waals surface area (Å²) >= 11 is 11.9. The minimum Gasteiger partial charge on any atom is -0.324 e. The summed E-state index contributed by atoms with van der Waals surface area (Å²) in [5, 5.41) is 3.55. The summed E-state index contributed by atoms with van der Waals surface area (Å²) in [5.74, 6) is -0.0855. The van der Waals surface area contributed by atoms with Crippen LogP contribution in [0.1, 0.15) is 40.7 Å². The molecule has 1 aliphatic heterocycles. The Hall–Kier alpha value is -2.83. The zero-order valence-electron chi connectivity index (χ0n) is 17.7. The molecule has 8 heteroatoms. The molecular weight excluding hydrogens is 449 g/mol. The van der Waals surface area contributed by atoms with Crippen molar-refractivity contribution in [3.05, 3.63) is 75.3 Å². The van der Waals surface area contributed by atoms with Gasteiger partial charge in [-0.05, 0) is 48.2 Å². The number of hydrogen-bond donors (Lipinski definition) is 1. The summed E-state index contributed by atoms with van der Waals surface area (Å²) in [7, 11) is 1.68. The molecule has 0 bridgehead atoms. The van der Waals surface area contributed by atoms with E-state index in [0.717, 1.165) is 23.1 Å². The van der Waals surface area contributed by atoms with Crippen LogP contribution in [0.4, 0.5) is 10.5 Å². The molecule has 6 nitrogen and oxygen atoms in total. The summed E-state index contributed by atoms with van der Waals surface area (Å²) in [4.78, 5) is 41.4. The van der Waals surface area contributed by atoms with Gasteiger partial charge in [0, 0.05) is 37.8 Å². The predicted octanol–water partition coefficient (Wildman–Crippen LogP) is 5.29. The van der Waals surface area contributed by atoms with Crippen LogP contribution in [0.2, 0.25) is 10.0 Å². The van der Waals surface area contributed by atoms with Crippen LogP contribution in [0.5, 0.6) is 0 Å². The fourth-order valence-corrected chi connectivity index (χ4v) is 4.52. The first-order chi connectivity index (χ1) is 15.2. The van der Waals surface area contributed by atoms with E-state index < -0.39 is 6.04 Å². The van der Waals surface area contributed by atoms with Gasteiger partial charge in [-0.25, -0.2) is 4.79 Å². The molecule has 3 amide bonds. The molecule has 2 aliphatic rings. The highest BCUT2D eigenvalue weighted by molar-refractivity contribution is 6.42. The van der Waals surface area contributed by atoms with E-state index in [1.807, 2.05) is 12.1 Å². The van der Waals surface area contributed by atoms with Gasteiger partial charge >= 0.3 is 6.03 Å². The Morgan fingerprint density at radius 1 is 1.22 bits per heavy atom. The van der Waals surface area contributed by atoms with Crippen LogP contribution in [-0.2, 0) is 17.9 Å². The normalized spacial score (nSPS) is 18.0. The van der Waals surface area contributed by atoms with Crippen molar-refractivity contribution < 1.29 is 14.4 Å². The fraction of sp³-hybridized carbons (Fsp3) is 0.292. The number of rotatable bonds is 4. The lowest BCUT2D eigenvalue weighted by molar-refractivity contribution is -0.124. The minimum absolute atomic E-state index is 0.0436. The van der Waals surface area contributed by atoms with Crippen LogP contribution in [0.15, 0.2) is 48.6 Å². The van der Waals surface area contributed by atoms with Crippen molar-refractivity contribution in [2.24, 2.45) is 0 Å². The van der Waals surface area contributed by atoms with Gasteiger partial charge in [0.15, 0.2) is 5.78 Å². The summed E-state index contributed by atoms with van der Waals surface area (Å²) < 4.78 is 0. The molecule has 166 valence electrons. The Morgan fingerprint density at radius 2 is 2.00 bits per heavy atom. The number of benzene rings is 2. The Bertz CT molecular complexity index is 1130. The number of hydrogen-bond acceptors (Lipinski definition) is 3. The topological polar surface area (TPSA) is 69.7 Å². The Kier molecular flexibility index (Phi) is 6.26. The second-order valence-corrected chi connectivity index (χ2v) is 9.05. The third kappa shape index (κ3) is 4.38. The second kappa shape index (κ2) is 8.96. The van der Waals surface area contributed by atoms with E-state index in [1.165, 1.54) is 4.90 Å². The molecule has 1 atom stereocenters. The highest BCUT2D eigenvalue weighted by Crippen LogP contribution is 2.33. The Morgan fingerprint density at radius 3 is 2.72 bits per heavy atom. The maximum Gasteiger partial charge on any atom is 0.321 e. The minimum atomic E-state index is -0.413. The molecule has 32 heavy (non-hydrogen) atoms. The van der Waals surface area contributed by atoms with E-state index in [2.05, 4.69) is 11.9 Å². The molecule has 4 rings (SSSR count). The average molecular weight is 472 g/mol. The van der Waals surface area contributed by atoms with Crippen molar-refractivity contribution in [1.82, 2.24) is 9.80 Å². The van der Waals surface area contributed by atoms with Crippen LogP contribution >= 0.6 is 23.2 Å². The van der Waals surface area contributed by atoms with E-state index in [4.69, 9.17) is 23.2 Å². The first-order valence-electron chi connectivity index (χ1n) is 10.3. The standard InChI is InChI=1S/C24H23Cl2N3O3/c1-14-6-9-21(22(30)10-14)29-13-18-15(4-3-5-17(18)23(29)31)12-28(2)24(32)27-16-7-8-19(25)20(26)11-16/h3-5,7-8,11,21H,1,6,9-10,12-13H2,2H3,(H,27,32). The van der Waals surface area contributed by atoms with E-state index >= 15 is 0 Å². The summed E-state index contributed by atoms with van der Waals surface area (Å²) in [6.07, 6.45) is 1.69. The van der Waals surface area contributed by atoms with Crippen LogP contribution < -0.4 is 5.32 Å². The van der Waals surface area contributed by atoms with Crippen molar-refractivity contribution >= 4 is 46.6 Å². The van der Waals surface area contributed by atoms with Gasteiger partial charge in [-0.15, -0.1) is 0 Å². The number of ketones is 1. The molecule has 1 heterocycles. The van der Waals surface area contributed by atoms with Gasteiger partial charge < -0.3 is 15.1 Å². The summed E-state index contributed by atoms with van der Waals surface area (Å²) in [6.45, 7) is 4.59. The van der Waals surface area contributed by atoms with Crippen LogP contribution in [0.25, 0.3) is 0 Å². The summed E-state index contributed by atoms with van der Waals surface area (Å²) in [5.41, 5.74) is 3.79. The van der Waals surface area contributed by atoms with Crippen molar-refractivity contribution in [3.63, 3.8) is 0 Å². The third-order valence-corrected chi connectivity index (χ3v) is 6.70. The maximum absolute atomic E-state index is 13.0. The van der Waals surface area contributed by atoms with Gasteiger partial charge in [0.25, 0.3) is 5.91 Å². The predicted molar refractivity (Wildman–Crippen MR) is 125 cm³/mol. The summed E-state index contributed by atoms with van der Waals surface area (Å²) in [6, 6.07) is 9.64. The molecule has 1 fully saturated rings. The van der Waals surface area contributed by atoms with Gasteiger partial charge in [-0.3, -0.25) is 9.59 Å². The largest absolute Gasteiger partial charge is 0.324 e. The number of urea groups is 1. The van der Waals surface area contributed by atoms with Crippen molar-refractivity contribution in [1.29, 1.82) is 0 Å². The average Bonchev–Trinajstić information content (AvgIpc) is 3.08. The quantitative estimate of drug-likeness (QED) is 0.615. The molecular formula is C24H23Cl2N3O3. The van der Waals surface area contributed by atoms with E-state index in [-0.39, 0.29) is 17.7 Å². The Labute approximate surface area is 196 Å². The lowest BCUT2D eigenvalue weighted by Crippen LogP contribution is -2.43. The van der Waals surface area contributed by atoms with E-state index in [1.54, 1.807) is 36.2 Å². The lowest BCUT2D eigenvalue weighted by Gasteiger charge is -2.30. The van der Waals surface area contributed by atoms with Crippen molar-refractivity contribution in [3.8, 4) is 0 Å². The van der Waals surface area contributed by atoms with Crippen LogP contribution in [-0.4, -0.2) is 40.6 Å². The van der Waals surface area contributed by atoms with Gasteiger partial charge in [-0.2, -0.15) is 0 Å². The van der Waals surface area contributed by atoms with E-state index in [9.17, 15) is 14.4 Å². The zero-order chi connectivity index (χ0) is 23.0. The first kappa shape index (κ1) is 22.4.